The molecule has 0 aliphatic rings. The molecule has 0 unspecified atom stereocenters. The number of nitrogens with one attached hydrogen (secondary N) is 1. The Bertz CT molecular complexity index is 512. The predicted octanol–water partition coefficient (Wildman–Crippen LogP) is 2.02. The molecule has 0 spiro atoms. The lowest BCUT2D eigenvalue weighted by atomic mass is 10.1. The average molecular weight is 250 g/mol. The summed E-state index contributed by atoms with van der Waals surface area (Å²) in [6.07, 6.45) is 0. The van der Waals surface area contributed by atoms with Crippen LogP contribution in [0.25, 0.3) is 0 Å². The van der Waals surface area contributed by atoms with Crippen LogP contribution in [0.5, 0.6) is 5.75 Å². The highest BCUT2D eigenvalue weighted by Crippen LogP contribution is 2.23. The molecule has 0 saturated carbocycles. The van der Waals surface area contributed by atoms with Crippen molar-refractivity contribution in [1.29, 1.82) is 0 Å². The van der Waals surface area contributed by atoms with E-state index in [1.165, 1.54) is 17.1 Å². The van der Waals surface area contributed by atoms with Gasteiger partial charge >= 0.3 is 0 Å². The number of benzene rings is 1. The Morgan fingerprint density at radius 3 is 3.00 bits per heavy atom. The monoisotopic (exact) mass is 250 g/mol. The van der Waals surface area contributed by atoms with Crippen molar-refractivity contribution in [3.63, 3.8) is 0 Å². The number of nitrogens with zero attached hydrogens (tertiary/aromatic N) is 2. The van der Waals surface area contributed by atoms with Crippen LogP contribution in [0.4, 0.5) is 5.00 Å². The van der Waals surface area contributed by atoms with Crippen LogP contribution in [0.2, 0.25) is 0 Å². The molecular formula is C11H14N4OS. The van der Waals surface area contributed by atoms with E-state index in [1.54, 1.807) is 0 Å². The van der Waals surface area contributed by atoms with Gasteiger partial charge in [0.2, 0.25) is 0 Å². The van der Waals surface area contributed by atoms with Gasteiger partial charge in [0, 0.05) is 11.5 Å². The lowest BCUT2D eigenvalue weighted by Crippen LogP contribution is -2.08. The molecule has 2 aromatic rings. The third-order valence-electron chi connectivity index (χ3n) is 2.61. The van der Waals surface area contributed by atoms with Crippen LogP contribution in [-0.4, -0.2) is 9.59 Å². The highest BCUT2D eigenvalue weighted by atomic mass is 32.1. The van der Waals surface area contributed by atoms with Crippen molar-refractivity contribution in [2.75, 3.05) is 5.43 Å². The Labute approximate surface area is 104 Å². The van der Waals surface area contributed by atoms with E-state index >= 15 is 0 Å². The second-order valence-electron chi connectivity index (χ2n) is 3.68. The van der Waals surface area contributed by atoms with Crippen LogP contribution < -0.4 is 16.0 Å². The molecular weight excluding hydrogens is 236 g/mol. The van der Waals surface area contributed by atoms with Gasteiger partial charge in [-0.1, -0.05) is 16.6 Å². The van der Waals surface area contributed by atoms with Gasteiger partial charge in [0.1, 0.15) is 18.1 Å². The molecule has 0 aliphatic carbocycles. The molecule has 1 heterocycles. The second kappa shape index (κ2) is 5.11. The molecule has 90 valence electrons. The van der Waals surface area contributed by atoms with Gasteiger partial charge in [-0.3, -0.25) is 0 Å². The third-order valence-corrected chi connectivity index (χ3v) is 3.31. The van der Waals surface area contributed by atoms with Gasteiger partial charge in [-0.2, -0.15) is 0 Å². The largest absolute Gasteiger partial charge is 0.487 e. The summed E-state index contributed by atoms with van der Waals surface area (Å²) < 4.78 is 9.53. The zero-order chi connectivity index (χ0) is 12.3. The van der Waals surface area contributed by atoms with Gasteiger partial charge in [0.25, 0.3) is 0 Å². The zero-order valence-corrected chi connectivity index (χ0v) is 10.5. The molecule has 0 fully saturated rings. The molecule has 0 radical (unpaired) electrons. The highest BCUT2D eigenvalue weighted by Gasteiger charge is 2.08. The summed E-state index contributed by atoms with van der Waals surface area (Å²) in [5.74, 6) is 6.20. The van der Waals surface area contributed by atoms with Gasteiger partial charge in [-0.15, -0.1) is 5.10 Å². The Hall–Kier alpha value is -1.66. The summed E-state index contributed by atoms with van der Waals surface area (Å²) in [5.41, 5.74) is 5.61. The summed E-state index contributed by atoms with van der Waals surface area (Å²) in [5, 5.41) is 4.69. The number of ether oxygens (including phenoxy) is 1. The minimum absolute atomic E-state index is 0.361. The van der Waals surface area contributed by atoms with Crippen LogP contribution in [0, 0.1) is 13.8 Å². The Morgan fingerprint density at radius 2 is 2.24 bits per heavy atom. The van der Waals surface area contributed by atoms with E-state index in [2.05, 4.69) is 28.0 Å². The van der Waals surface area contributed by atoms with Crippen LogP contribution >= 0.6 is 11.5 Å². The minimum Gasteiger partial charge on any atom is -0.487 e. The van der Waals surface area contributed by atoms with Crippen molar-refractivity contribution in [2.45, 2.75) is 20.5 Å². The van der Waals surface area contributed by atoms with Crippen LogP contribution in [-0.2, 0) is 6.61 Å². The molecule has 2 rings (SSSR count). The van der Waals surface area contributed by atoms with Gasteiger partial charge in [-0.05, 0) is 31.0 Å². The summed E-state index contributed by atoms with van der Waals surface area (Å²) in [4.78, 5) is 0. The first-order chi connectivity index (χ1) is 8.22. The first-order valence-electron chi connectivity index (χ1n) is 5.19. The van der Waals surface area contributed by atoms with Gasteiger partial charge < -0.3 is 10.2 Å². The zero-order valence-electron chi connectivity index (χ0n) is 9.73. The van der Waals surface area contributed by atoms with E-state index in [1.807, 2.05) is 19.1 Å². The number of hydrazine groups is 1. The molecule has 0 atom stereocenters. The molecule has 3 N–H and O–H groups in total. The molecule has 1 aromatic heterocycles. The van der Waals surface area contributed by atoms with E-state index in [9.17, 15) is 0 Å². The maximum atomic E-state index is 5.71. The minimum atomic E-state index is 0.361. The van der Waals surface area contributed by atoms with E-state index in [0.29, 0.717) is 6.61 Å². The molecule has 0 aliphatic heterocycles. The third kappa shape index (κ3) is 2.54. The summed E-state index contributed by atoms with van der Waals surface area (Å²) in [7, 11) is 0. The molecule has 0 amide bonds. The highest BCUT2D eigenvalue weighted by molar-refractivity contribution is 7.10. The molecule has 5 nitrogen and oxygen atoms in total. The SMILES string of the molecule is Cc1cccc(OCc2nnsc2NN)c1C. The van der Waals surface area contributed by atoms with Gasteiger partial charge in [0.15, 0.2) is 5.00 Å². The Balaban J connectivity index is 2.10. The lowest BCUT2D eigenvalue weighted by molar-refractivity contribution is 0.299. The molecule has 1 aromatic carbocycles. The van der Waals surface area contributed by atoms with Gasteiger partial charge in [0.05, 0.1) is 0 Å². The first-order valence-corrected chi connectivity index (χ1v) is 5.96. The number of hydrogen-bond donors (Lipinski definition) is 2. The topological polar surface area (TPSA) is 73.1 Å². The predicted molar refractivity (Wildman–Crippen MR) is 68.0 cm³/mol. The van der Waals surface area contributed by atoms with Gasteiger partial charge in [-0.25, -0.2) is 5.84 Å². The van der Waals surface area contributed by atoms with Crippen molar-refractivity contribution in [2.24, 2.45) is 5.84 Å². The van der Waals surface area contributed by atoms with Crippen molar-refractivity contribution >= 4 is 16.5 Å². The summed E-state index contributed by atoms with van der Waals surface area (Å²) in [6.45, 7) is 4.45. The van der Waals surface area contributed by atoms with E-state index in [-0.39, 0.29) is 0 Å². The number of anilines is 1. The summed E-state index contributed by atoms with van der Waals surface area (Å²) in [6, 6.07) is 5.97. The number of nitrogen functional groups attached to an aromatic ring is 1. The fraction of sp³-hybridized carbons (Fsp3) is 0.273. The Morgan fingerprint density at radius 1 is 1.41 bits per heavy atom. The van der Waals surface area contributed by atoms with Crippen molar-refractivity contribution in [3.8, 4) is 5.75 Å². The summed E-state index contributed by atoms with van der Waals surface area (Å²) >= 11 is 1.21. The standard InChI is InChI=1S/C11H14N4OS/c1-7-4-3-5-10(8(7)2)16-6-9-11(13-12)17-15-14-9/h3-5,13H,6,12H2,1-2H3. The maximum Gasteiger partial charge on any atom is 0.150 e. The number of nitrogens with two attached hydrogens (primary N) is 1. The normalized spacial score (nSPS) is 10.3. The lowest BCUT2D eigenvalue weighted by Gasteiger charge is -2.09. The van der Waals surface area contributed by atoms with Crippen LogP contribution in [0.3, 0.4) is 0 Å². The molecule has 0 saturated heterocycles. The van der Waals surface area contributed by atoms with Crippen molar-refractivity contribution < 1.29 is 4.74 Å². The molecule has 17 heavy (non-hydrogen) atoms. The smallest absolute Gasteiger partial charge is 0.150 e. The number of hydrogen-bond acceptors (Lipinski definition) is 6. The quantitative estimate of drug-likeness (QED) is 0.641. The second-order valence-corrected chi connectivity index (χ2v) is 4.43. The van der Waals surface area contributed by atoms with Crippen LogP contribution in [0.1, 0.15) is 16.8 Å². The Kier molecular flexibility index (Phi) is 3.55. The number of aryl methyl sites for hydroxylation is 1. The fourth-order valence-corrected chi connectivity index (χ4v) is 1.92. The first kappa shape index (κ1) is 11.8. The van der Waals surface area contributed by atoms with E-state index in [0.717, 1.165) is 22.0 Å². The molecule has 6 heteroatoms. The van der Waals surface area contributed by atoms with Crippen LogP contribution in [0.15, 0.2) is 18.2 Å². The number of aromatic nitrogens is 2. The number of rotatable bonds is 4. The van der Waals surface area contributed by atoms with E-state index in [4.69, 9.17) is 10.6 Å². The average Bonchev–Trinajstić information content (AvgIpc) is 2.78. The molecule has 0 bridgehead atoms. The maximum absolute atomic E-state index is 5.71. The van der Waals surface area contributed by atoms with Crippen molar-refractivity contribution in [1.82, 2.24) is 9.59 Å². The van der Waals surface area contributed by atoms with E-state index < -0.39 is 0 Å². The fourth-order valence-electron chi connectivity index (χ4n) is 1.44. The van der Waals surface area contributed by atoms with Crippen molar-refractivity contribution in [3.05, 3.63) is 35.0 Å².